The number of pyridine rings is 1. The minimum atomic E-state index is -0.560. The molecule has 0 aliphatic carbocycles. The molecule has 0 bridgehead atoms. The molecule has 8 heteroatoms. The van der Waals surface area contributed by atoms with Crippen molar-refractivity contribution in [1.29, 1.82) is 0 Å². The van der Waals surface area contributed by atoms with E-state index >= 15 is 0 Å². The molecule has 154 valence electrons. The number of anilines is 2. The maximum absolute atomic E-state index is 14.1. The van der Waals surface area contributed by atoms with Crippen LogP contribution in [0.1, 0.15) is 48.5 Å². The van der Waals surface area contributed by atoms with Crippen LogP contribution in [0.4, 0.5) is 15.9 Å². The Kier molecular flexibility index (Phi) is 6.69. The van der Waals surface area contributed by atoms with Gasteiger partial charge >= 0.3 is 5.97 Å². The van der Waals surface area contributed by atoms with Crippen molar-refractivity contribution in [1.82, 2.24) is 10.3 Å². The molecule has 6 nitrogen and oxygen atoms in total. The monoisotopic (exact) mass is 419 g/mol. The van der Waals surface area contributed by atoms with Crippen LogP contribution in [0.3, 0.4) is 0 Å². The Labute approximate surface area is 173 Å². The van der Waals surface area contributed by atoms with Crippen LogP contribution in [-0.4, -0.2) is 30.0 Å². The maximum Gasteiger partial charge on any atom is 0.306 e. The second-order valence-electron chi connectivity index (χ2n) is 7.33. The average molecular weight is 420 g/mol. The van der Waals surface area contributed by atoms with Crippen molar-refractivity contribution >= 4 is 35.0 Å². The minimum Gasteiger partial charge on any atom is -0.466 e. The van der Waals surface area contributed by atoms with E-state index in [4.69, 9.17) is 16.3 Å². The van der Waals surface area contributed by atoms with Crippen LogP contribution in [0, 0.1) is 11.7 Å². The summed E-state index contributed by atoms with van der Waals surface area (Å²) in [5.74, 6) is -0.503. The summed E-state index contributed by atoms with van der Waals surface area (Å²) < 4.78 is 19.1. The molecule has 1 aliphatic rings. The van der Waals surface area contributed by atoms with Crippen LogP contribution in [0.15, 0.2) is 30.5 Å². The van der Waals surface area contributed by atoms with E-state index in [-0.39, 0.29) is 34.4 Å². The smallest absolute Gasteiger partial charge is 0.306 e. The molecular formula is C21H23ClFN3O3. The van der Waals surface area contributed by atoms with Gasteiger partial charge in [-0.15, -0.1) is 0 Å². The molecule has 2 heterocycles. The summed E-state index contributed by atoms with van der Waals surface area (Å²) in [7, 11) is 0. The van der Waals surface area contributed by atoms with Gasteiger partial charge in [0.1, 0.15) is 5.82 Å². The van der Waals surface area contributed by atoms with Gasteiger partial charge in [-0.25, -0.2) is 9.37 Å². The SMILES string of the molecule is CC(C)c1cc(Nc2cccc(Cl)c2F)ncc1C(=O)NCC1CCOC(=O)C1. The third-order valence-corrected chi connectivity index (χ3v) is 5.10. The first kappa shape index (κ1) is 21.0. The van der Waals surface area contributed by atoms with Crippen molar-refractivity contribution in [3.8, 4) is 0 Å². The minimum absolute atomic E-state index is 0.0154. The molecular weight excluding hydrogens is 397 g/mol. The van der Waals surface area contributed by atoms with Gasteiger partial charge < -0.3 is 15.4 Å². The molecule has 0 saturated carbocycles. The number of benzene rings is 1. The fourth-order valence-electron chi connectivity index (χ4n) is 3.19. The molecule has 2 N–H and O–H groups in total. The van der Waals surface area contributed by atoms with Crippen molar-refractivity contribution in [2.24, 2.45) is 5.92 Å². The first-order chi connectivity index (χ1) is 13.8. The van der Waals surface area contributed by atoms with E-state index in [1.807, 2.05) is 13.8 Å². The molecule has 0 radical (unpaired) electrons. The Morgan fingerprint density at radius 2 is 2.21 bits per heavy atom. The fraction of sp³-hybridized carbons (Fsp3) is 0.381. The lowest BCUT2D eigenvalue weighted by Crippen LogP contribution is -2.34. The maximum atomic E-state index is 14.1. The fourth-order valence-corrected chi connectivity index (χ4v) is 3.36. The van der Waals surface area contributed by atoms with E-state index in [2.05, 4.69) is 15.6 Å². The van der Waals surface area contributed by atoms with Gasteiger partial charge in [-0.1, -0.05) is 31.5 Å². The highest BCUT2D eigenvalue weighted by atomic mass is 35.5. The topological polar surface area (TPSA) is 80.3 Å². The highest BCUT2D eigenvalue weighted by Gasteiger charge is 2.22. The number of esters is 1. The number of rotatable bonds is 6. The molecule has 3 rings (SSSR count). The number of hydrogen-bond acceptors (Lipinski definition) is 5. The number of aromatic nitrogens is 1. The molecule has 29 heavy (non-hydrogen) atoms. The number of halogens is 2. The van der Waals surface area contributed by atoms with Crippen molar-refractivity contribution in [2.75, 3.05) is 18.5 Å². The lowest BCUT2D eigenvalue weighted by Gasteiger charge is -2.22. The Balaban J connectivity index is 1.74. The highest BCUT2D eigenvalue weighted by Crippen LogP contribution is 2.27. The van der Waals surface area contributed by atoms with Gasteiger partial charge in [0, 0.05) is 12.7 Å². The second-order valence-corrected chi connectivity index (χ2v) is 7.73. The van der Waals surface area contributed by atoms with Gasteiger partial charge in [-0.05, 0) is 42.0 Å². The molecule has 1 aromatic heterocycles. The molecule has 1 atom stereocenters. The van der Waals surface area contributed by atoms with E-state index in [1.54, 1.807) is 18.2 Å². The van der Waals surface area contributed by atoms with Crippen LogP contribution in [0.5, 0.6) is 0 Å². The molecule has 1 aliphatic heterocycles. The summed E-state index contributed by atoms with van der Waals surface area (Å²) in [6.45, 7) is 4.72. The van der Waals surface area contributed by atoms with E-state index < -0.39 is 5.82 Å². The third kappa shape index (κ3) is 5.23. The third-order valence-electron chi connectivity index (χ3n) is 4.81. The molecule has 1 saturated heterocycles. The van der Waals surface area contributed by atoms with Crippen LogP contribution in [0.25, 0.3) is 0 Å². The molecule has 1 unspecified atom stereocenters. The Morgan fingerprint density at radius 3 is 2.93 bits per heavy atom. The molecule has 0 spiro atoms. The van der Waals surface area contributed by atoms with Crippen molar-refractivity contribution in [2.45, 2.75) is 32.6 Å². The van der Waals surface area contributed by atoms with Crippen molar-refractivity contribution in [3.63, 3.8) is 0 Å². The normalized spacial score (nSPS) is 16.4. The zero-order valence-electron chi connectivity index (χ0n) is 16.3. The lowest BCUT2D eigenvalue weighted by atomic mass is 9.97. The Hall–Kier alpha value is -2.67. The predicted octanol–water partition coefficient (Wildman–Crippen LogP) is 4.42. The number of amides is 1. The van der Waals surface area contributed by atoms with Gasteiger partial charge in [-0.2, -0.15) is 0 Å². The van der Waals surface area contributed by atoms with E-state index in [1.165, 1.54) is 12.3 Å². The van der Waals surface area contributed by atoms with Gasteiger partial charge in [-0.3, -0.25) is 9.59 Å². The van der Waals surface area contributed by atoms with Gasteiger partial charge in [0.25, 0.3) is 5.91 Å². The Bertz CT molecular complexity index is 920. The van der Waals surface area contributed by atoms with Gasteiger partial charge in [0.15, 0.2) is 5.82 Å². The predicted molar refractivity (Wildman–Crippen MR) is 109 cm³/mol. The number of hydrogen-bond donors (Lipinski definition) is 2. The summed E-state index contributed by atoms with van der Waals surface area (Å²) >= 11 is 5.82. The zero-order valence-corrected chi connectivity index (χ0v) is 17.1. The number of cyclic esters (lactones) is 1. The summed E-state index contributed by atoms with van der Waals surface area (Å²) in [5, 5.41) is 5.81. The largest absolute Gasteiger partial charge is 0.466 e. The van der Waals surface area contributed by atoms with Crippen LogP contribution < -0.4 is 10.6 Å². The quantitative estimate of drug-likeness (QED) is 0.677. The number of carbonyl (C=O) groups excluding carboxylic acids is 2. The number of ether oxygens (including phenoxy) is 1. The first-order valence-corrected chi connectivity index (χ1v) is 9.87. The van der Waals surface area contributed by atoms with Crippen LogP contribution in [-0.2, 0) is 9.53 Å². The van der Waals surface area contributed by atoms with Gasteiger partial charge in [0.05, 0.1) is 29.3 Å². The Morgan fingerprint density at radius 1 is 1.41 bits per heavy atom. The number of carbonyl (C=O) groups is 2. The van der Waals surface area contributed by atoms with E-state index in [0.717, 1.165) is 12.0 Å². The summed E-state index contributed by atoms with van der Waals surface area (Å²) in [6, 6.07) is 6.40. The van der Waals surface area contributed by atoms with Crippen molar-refractivity contribution < 1.29 is 18.7 Å². The second kappa shape index (κ2) is 9.22. The number of nitrogens with one attached hydrogen (secondary N) is 2. The summed E-state index contributed by atoms with van der Waals surface area (Å²) in [4.78, 5) is 28.3. The zero-order chi connectivity index (χ0) is 21.0. The number of nitrogens with zero attached hydrogens (tertiary/aromatic N) is 1. The van der Waals surface area contributed by atoms with E-state index in [0.29, 0.717) is 31.0 Å². The molecule has 1 aromatic carbocycles. The molecule has 1 fully saturated rings. The lowest BCUT2D eigenvalue weighted by molar-refractivity contribution is -0.149. The van der Waals surface area contributed by atoms with Crippen LogP contribution in [0.2, 0.25) is 5.02 Å². The van der Waals surface area contributed by atoms with Gasteiger partial charge in [0.2, 0.25) is 0 Å². The average Bonchev–Trinajstić information content (AvgIpc) is 2.69. The summed E-state index contributed by atoms with van der Waals surface area (Å²) in [5.41, 5.74) is 1.45. The first-order valence-electron chi connectivity index (χ1n) is 9.50. The molecule has 1 amide bonds. The summed E-state index contributed by atoms with van der Waals surface area (Å²) in [6.07, 6.45) is 2.52. The van der Waals surface area contributed by atoms with Crippen LogP contribution >= 0.6 is 11.6 Å². The standard InChI is InChI=1S/C21H23ClFN3O3/c1-12(2)14-9-18(26-17-5-3-4-16(22)20(17)23)24-11-15(14)21(28)25-10-13-6-7-29-19(27)8-13/h3-5,9,11-13H,6-8,10H2,1-2H3,(H,24,26)(H,25,28). The molecule has 2 aromatic rings. The van der Waals surface area contributed by atoms with E-state index in [9.17, 15) is 14.0 Å². The highest BCUT2D eigenvalue weighted by molar-refractivity contribution is 6.31. The van der Waals surface area contributed by atoms with Crippen molar-refractivity contribution in [3.05, 3.63) is 52.4 Å².